The summed E-state index contributed by atoms with van der Waals surface area (Å²) in [5, 5.41) is 6.21. The Kier molecular flexibility index (Phi) is 3.28. The second-order valence-corrected chi connectivity index (χ2v) is 6.39. The zero-order chi connectivity index (χ0) is 13.4. The maximum atomic E-state index is 4.88. The topological polar surface area (TPSA) is 57.7 Å². The molecule has 1 fully saturated rings. The Balaban J connectivity index is 1.55. The minimum atomic E-state index is 0.433. The van der Waals surface area contributed by atoms with Gasteiger partial charge in [-0.05, 0) is 56.6 Å². The highest BCUT2D eigenvalue weighted by molar-refractivity contribution is 7.03. The Hall–Kier alpha value is -1.27. The summed E-state index contributed by atoms with van der Waals surface area (Å²) in [5.41, 5.74) is 3.78. The number of nitrogens with one attached hydrogen (secondary N) is 1. The van der Waals surface area contributed by atoms with Crippen LogP contribution in [0.1, 0.15) is 54.6 Å². The van der Waals surface area contributed by atoms with E-state index in [1.807, 2.05) is 5.38 Å². The molecule has 1 aliphatic carbocycles. The Bertz CT molecular complexity index is 553. The molecule has 0 bridgehead atoms. The molecular weight excluding hydrogens is 270 g/mol. The molecule has 5 nitrogen and oxygen atoms in total. The first-order valence-corrected chi connectivity index (χ1v) is 8.31. The predicted octanol–water partition coefficient (Wildman–Crippen LogP) is 2.48. The fourth-order valence-electron chi connectivity index (χ4n) is 3.42. The van der Waals surface area contributed by atoms with Crippen LogP contribution in [-0.2, 0) is 19.4 Å². The molecule has 1 saturated heterocycles. The van der Waals surface area contributed by atoms with Gasteiger partial charge in [0, 0.05) is 17.6 Å². The summed E-state index contributed by atoms with van der Waals surface area (Å²) >= 11 is 1.43. The van der Waals surface area contributed by atoms with Gasteiger partial charge in [0.05, 0.1) is 17.4 Å². The summed E-state index contributed by atoms with van der Waals surface area (Å²) in [5.74, 6) is 1.18. The molecule has 0 unspecified atom stereocenters. The molecule has 4 rings (SSSR count). The smallest absolute Gasteiger partial charge is 0.124 e. The minimum absolute atomic E-state index is 0.433. The normalized spacial score (nSPS) is 23.1. The van der Waals surface area contributed by atoms with Gasteiger partial charge in [-0.2, -0.15) is 0 Å². The van der Waals surface area contributed by atoms with E-state index in [-0.39, 0.29) is 0 Å². The lowest BCUT2D eigenvalue weighted by Gasteiger charge is -2.21. The fourth-order valence-corrected chi connectivity index (χ4v) is 3.86. The van der Waals surface area contributed by atoms with E-state index in [9.17, 15) is 0 Å². The summed E-state index contributed by atoms with van der Waals surface area (Å²) in [6, 6.07) is 0.433. The van der Waals surface area contributed by atoms with Gasteiger partial charge >= 0.3 is 0 Å². The molecule has 0 saturated carbocycles. The van der Waals surface area contributed by atoms with Crippen molar-refractivity contribution in [1.82, 2.24) is 24.5 Å². The number of aromatic amines is 1. The SMILES string of the molecule is c1snnc1CN1CCC[C@@H]1c1nc2c([nH]1)CCCC2. The standard InChI is InChI=1S/C14H19N5S/c1-2-5-12-11(4-1)15-14(16-12)13-6-3-7-19(13)8-10-9-20-18-17-10/h9,13H,1-8H2,(H,15,16)/t13-/m1/s1. The van der Waals surface area contributed by atoms with Gasteiger partial charge in [-0.15, -0.1) is 5.10 Å². The van der Waals surface area contributed by atoms with Crippen molar-refractivity contribution in [3.8, 4) is 0 Å². The van der Waals surface area contributed by atoms with Crippen molar-refractivity contribution in [2.45, 2.75) is 51.1 Å². The van der Waals surface area contributed by atoms with Crippen molar-refractivity contribution in [2.24, 2.45) is 0 Å². The van der Waals surface area contributed by atoms with Crippen LogP contribution in [0.25, 0.3) is 0 Å². The van der Waals surface area contributed by atoms with Gasteiger partial charge < -0.3 is 4.98 Å². The van der Waals surface area contributed by atoms with E-state index >= 15 is 0 Å². The van der Waals surface area contributed by atoms with Gasteiger partial charge in [0.15, 0.2) is 0 Å². The first-order valence-electron chi connectivity index (χ1n) is 7.48. The van der Waals surface area contributed by atoms with Crippen LogP contribution < -0.4 is 0 Å². The van der Waals surface area contributed by atoms with E-state index in [1.165, 1.54) is 60.8 Å². The Morgan fingerprint density at radius 2 is 2.25 bits per heavy atom. The summed E-state index contributed by atoms with van der Waals surface area (Å²) in [6.07, 6.45) is 7.35. The average Bonchev–Trinajstić information content (AvgIpc) is 3.18. The Labute approximate surface area is 122 Å². The molecule has 0 aromatic carbocycles. The average molecular weight is 289 g/mol. The molecule has 3 heterocycles. The monoisotopic (exact) mass is 289 g/mol. The van der Waals surface area contributed by atoms with Gasteiger partial charge in [0.2, 0.25) is 0 Å². The van der Waals surface area contributed by atoms with E-state index in [1.54, 1.807) is 0 Å². The number of hydrogen-bond donors (Lipinski definition) is 1. The van der Waals surface area contributed by atoms with Crippen molar-refractivity contribution in [3.05, 3.63) is 28.3 Å². The largest absolute Gasteiger partial charge is 0.344 e. The Morgan fingerprint density at radius 1 is 1.30 bits per heavy atom. The molecule has 1 aliphatic heterocycles. The van der Waals surface area contributed by atoms with Crippen LogP contribution in [0.15, 0.2) is 5.38 Å². The van der Waals surface area contributed by atoms with Crippen molar-refractivity contribution in [2.75, 3.05) is 6.54 Å². The molecule has 0 radical (unpaired) electrons. The molecular formula is C14H19N5S. The number of H-pyrrole nitrogens is 1. The molecule has 20 heavy (non-hydrogen) atoms. The Morgan fingerprint density at radius 3 is 3.10 bits per heavy atom. The lowest BCUT2D eigenvalue weighted by Crippen LogP contribution is -2.23. The van der Waals surface area contributed by atoms with Gasteiger partial charge in [0.25, 0.3) is 0 Å². The predicted molar refractivity (Wildman–Crippen MR) is 77.5 cm³/mol. The van der Waals surface area contributed by atoms with E-state index in [0.29, 0.717) is 6.04 Å². The van der Waals surface area contributed by atoms with Crippen LogP contribution in [0.2, 0.25) is 0 Å². The van der Waals surface area contributed by atoms with Gasteiger partial charge in [-0.1, -0.05) is 4.49 Å². The van der Waals surface area contributed by atoms with Crippen LogP contribution in [0.5, 0.6) is 0 Å². The first-order chi connectivity index (χ1) is 9.90. The van der Waals surface area contributed by atoms with E-state index in [0.717, 1.165) is 25.2 Å². The molecule has 1 N–H and O–H groups in total. The van der Waals surface area contributed by atoms with Crippen LogP contribution in [-0.4, -0.2) is 31.0 Å². The summed E-state index contributed by atoms with van der Waals surface area (Å²) < 4.78 is 3.96. The number of hydrogen-bond acceptors (Lipinski definition) is 5. The van der Waals surface area contributed by atoms with Crippen molar-refractivity contribution >= 4 is 11.5 Å². The molecule has 2 aliphatic rings. The van der Waals surface area contributed by atoms with E-state index in [2.05, 4.69) is 19.5 Å². The number of likely N-dealkylation sites (tertiary alicyclic amines) is 1. The zero-order valence-electron chi connectivity index (χ0n) is 11.5. The minimum Gasteiger partial charge on any atom is -0.344 e. The maximum Gasteiger partial charge on any atom is 0.124 e. The van der Waals surface area contributed by atoms with Crippen LogP contribution >= 0.6 is 11.5 Å². The quantitative estimate of drug-likeness (QED) is 0.943. The lowest BCUT2D eigenvalue weighted by molar-refractivity contribution is 0.237. The van der Waals surface area contributed by atoms with Crippen molar-refractivity contribution in [1.29, 1.82) is 0 Å². The third-order valence-corrected chi connectivity index (χ3v) is 4.98. The number of aryl methyl sites for hydroxylation is 2. The van der Waals surface area contributed by atoms with Gasteiger partial charge in [-0.25, -0.2) is 4.98 Å². The second-order valence-electron chi connectivity index (χ2n) is 5.78. The lowest BCUT2D eigenvalue weighted by atomic mass is 10.0. The summed E-state index contributed by atoms with van der Waals surface area (Å²) in [6.45, 7) is 2.03. The molecule has 106 valence electrons. The molecule has 0 amide bonds. The van der Waals surface area contributed by atoms with Gasteiger partial charge in [-0.3, -0.25) is 4.90 Å². The fraction of sp³-hybridized carbons (Fsp3) is 0.643. The highest BCUT2D eigenvalue weighted by Crippen LogP contribution is 2.33. The molecule has 2 aromatic heterocycles. The van der Waals surface area contributed by atoms with E-state index < -0.39 is 0 Å². The highest BCUT2D eigenvalue weighted by Gasteiger charge is 2.30. The van der Waals surface area contributed by atoms with Gasteiger partial charge in [0.1, 0.15) is 5.82 Å². The molecule has 0 spiro atoms. The number of imidazole rings is 1. The zero-order valence-corrected chi connectivity index (χ0v) is 12.3. The van der Waals surface area contributed by atoms with Crippen molar-refractivity contribution < 1.29 is 0 Å². The second kappa shape index (κ2) is 5.26. The number of rotatable bonds is 3. The molecule has 6 heteroatoms. The number of nitrogens with zero attached hydrogens (tertiary/aromatic N) is 4. The first kappa shape index (κ1) is 12.5. The van der Waals surface area contributed by atoms with Crippen LogP contribution in [0.3, 0.4) is 0 Å². The third-order valence-electron chi connectivity index (χ3n) is 4.42. The highest BCUT2D eigenvalue weighted by atomic mass is 32.1. The molecule has 1 atom stereocenters. The van der Waals surface area contributed by atoms with Crippen LogP contribution in [0, 0.1) is 0 Å². The number of aromatic nitrogens is 4. The van der Waals surface area contributed by atoms with E-state index in [4.69, 9.17) is 4.98 Å². The van der Waals surface area contributed by atoms with Crippen molar-refractivity contribution in [3.63, 3.8) is 0 Å². The molecule has 2 aromatic rings. The third kappa shape index (κ3) is 2.27. The van der Waals surface area contributed by atoms with Crippen LogP contribution in [0.4, 0.5) is 0 Å². The number of fused-ring (bicyclic) bond motifs is 1. The summed E-state index contributed by atoms with van der Waals surface area (Å²) in [4.78, 5) is 11.0. The summed E-state index contributed by atoms with van der Waals surface area (Å²) in [7, 11) is 0. The maximum absolute atomic E-state index is 4.88.